The van der Waals surface area contributed by atoms with Crippen molar-refractivity contribution < 1.29 is 14.4 Å². The first kappa shape index (κ1) is 25.6. The Morgan fingerprint density at radius 2 is 0.769 bits per heavy atom. The minimum absolute atomic E-state index is 0.0687. The molecule has 39 heavy (non-hydrogen) atoms. The van der Waals surface area contributed by atoms with Gasteiger partial charge in [-0.3, -0.25) is 14.4 Å². The number of hydrogen-bond donors (Lipinski definition) is 0. The minimum atomic E-state index is 0.0687. The highest BCUT2D eigenvalue weighted by Crippen LogP contribution is 2.52. The smallest absolute Gasteiger partial charge is 0.224 e. The summed E-state index contributed by atoms with van der Waals surface area (Å²) in [6, 6.07) is 6.94. The van der Waals surface area contributed by atoms with E-state index in [1.54, 1.807) is 20.8 Å². The Hall–Kier alpha value is -2.37. The third-order valence-corrected chi connectivity index (χ3v) is 11.8. The van der Waals surface area contributed by atoms with E-state index in [0.717, 1.165) is 54.1 Å². The SMILES string of the molecule is CC(=O)N(c1cc(N(C(C)=O)C2CC3CCC2C3)cc(N(C(C)=O)C2CC3CCC2C3)c1)C1CC2CCC1C2. The molecular weight excluding hydrogens is 486 g/mol. The van der Waals surface area contributed by atoms with Gasteiger partial charge in [-0.15, -0.1) is 0 Å². The molecule has 0 aliphatic heterocycles. The quantitative estimate of drug-likeness (QED) is 0.432. The van der Waals surface area contributed by atoms with E-state index in [0.29, 0.717) is 17.8 Å². The van der Waals surface area contributed by atoms with E-state index >= 15 is 0 Å². The monoisotopic (exact) mass is 531 g/mol. The number of anilines is 3. The molecule has 0 saturated heterocycles. The third kappa shape index (κ3) is 4.32. The molecule has 0 spiro atoms. The van der Waals surface area contributed by atoms with Crippen LogP contribution in [0.1, 0.15) is 97.8 Å². The molecule has 6 heteroatoms. The van der Waals surface area contributed by atoms with Gasteiger partial charge in [-0.2, -0.15) is 0 Å². The number of carbonyl (C=O) groups excluding carboxylic acids is 3. The molecule has 9 unspecified atom stereocenters. The number of nitrogens with zero attached hydrogens (tertiary/aromatic N) is 3. The Bertz CT molecular complexity index is 1030. The second kappa shape index (κ2) is 9.62. The minimum Gasteiger partial charge on any atom is -0.309 e. The summed E-state index contributed by atoms with van der Waals surface area (Å²) >= 11 is 0. The molecule has 0 radical (unpaired) electrons. The van der Waals surface area contributed by atoms with Gasteiger partial charge in [-0.1, -0.05) is 19.3 Å². The van der Waals surface area contributed by atoms with Gasteiger partial charge >= 0.3 is 0 Å². The van der Waals surface area contributed by atoms with Gasteiger partial charge in [-0.05, 0) is 111 Å². The van der Waals surface area contributed by atoms with Gasteiger partial charge in [0.1, 0.15) is 0 Å². The number of fused-ring (bicyclic) bond motifs is 6. The molecule has 9 atom stereocenters. The lowest BCUT2D eigenvalue weighted by atomic mass is 9.91. The van der Waals surface area contributed by atoms with Crippen LogP contribution < -0.4 is 14.7 Å². The van der Waals surface area contributed by atoms with E-state index in [4.69, 9.17) is 0 Å². The van der Waals surface area contributed by atoms with Crippen molar-refractivity contribution >= 4 is 34.8 Å². The summed E-state index contributed by atoms with van der Waals surface area (Å²) in [4.78, 5) is 46.1. The third-order valence-electron chi connectivity index (χ3n) is 11.8. The Morgan fingerprint density at radius 3 is 0.949 bits per heavy atom. The maximum absolute atomic E-state index is 13.3. The molecule has 6 nitrogen and oxygen atoms in total. The van der Waals surface area contributed by atoms with Crippen molar-refractivity contribution in [3.63, 3.8) is 0 Å². The molecule has 6 fully saturated rings. The molecule has 0 aromatic heterocycles. The van der Waals surface area contributed by atoms with Gasteiger partial charge in [0.2, 0.25) is 17.7 Å². The second-order valence-corrected chi connectivity index (χ2v) is 14.1. The lowest BCUT2D eigenvalue weighted by Crippen LogP contribution is -2.45. The van der Waals surface area contributed by atoms with Crippen molar-refractivity contribution in [3.05, 3.63) is 18.2 Å². The van der Waals surface area contributed by atoms with Gasteiger partial charge < -0.3 is 14.7 Å². The van der Waals surface area contributed by atoms with E-state index in [-0.39, 0.29) is 35.8 Å². The fourth-order valence-electron chi connectivity index (χ4n) is 10.4. The normalized spacial score (nSPS) is 37.5. The Morgan fingerprint density at radius 1 is 0.487 bits per heavy atom. The molecule has 0 N–H and O–H groups in total. The average Bonchev–Trinajstić information content (AvgIpc) is 3.73. The molecule has 7 rings (SSSR count). The molecule has 6 aliphatic carbocycles. The van der Waals surface area contributed by atoms with Crippen molar-refractivity contribution in [2.24, 2.45) is 35.5 Å². The predicted molar refractivity (Wildman–Crippen MR) is 154 cm³/mol. The maximum atomic E-state index is 13.3. The van der Waals surface area contributed by atoms with Gasteiger partial charge in [0, 0.05) is 56.0 Å². The lowest BCUT2D eigenvalue weighted by Gasteiger charge is -2.39. The molecule has 3 amide bonds. The van der Waals surface area contributed by atoms with Gasteiger partial charge in [-0.25, -0.2) is 0 Å². The highest BCUT2D eigenvalue weighted by Gasteiger charge is 2.47. The summed E-state index contributed by atoms with van der Waals surface area (Å²) in [6.45, 7) is 5.07. The first-order valence-corrected chi connectivity index (χ1v) is 15.8. The van der Waals surface area contributed by atoms with Gasteiger partial charge in [0.15, 0.2) is 0 Å². The van der Waals surface area contributed by atoms with Crippen molar-refractivity contribution in [1.29, 1.82) is 0 Å². The molecule has 1 aromatic rings. The summed E-state index contributed by atoms with van der Waals surface area (Å²) in [6.07, 6.45) is 14.3. The zero-order chi connectivity index (χ0) is 27.0. The van der Waals surface area contributed by atoms with E-state index in [1.807, 2.05) is 14.7 Å². The van der Waals surface area contributed by atoms with E-state index in [1.165, 1.54) is 57.8 Å². The summed E-state index contributed by atoms with van der Waals surface area (Å²) in [5.41, 5.74) is 2.61. The van der Waals surface area contributed by atoms with Crippen LogP contribution in [0.2, 0.25) is 0 Å². The van der Waals surface area contributed by atoms with Crippen LogP contribution in [0.25, 0.3) is 0 Å². The molecule has 6 saturated carbocycles. The largest absolute Gasteiger partial charge is 0.309 e. The van der Waals surface area contributed by atoms with Crippen molar-refractivity contribution in [1.82, 2.24) is 0 Å². The van der Waals surface area contributed by atoms with Crippen molar-refractivity contribution in [2.45, 2.75) is 116 Å². The highest BCUT2D eigenvalue weighted by atomic mass is 16.2. The fraction of sp³-hybridized carbons (Fsp3) is 0.727. The van der Waals surface area contributed by atoms with E-state index < -0.39 is 0 Å². The molecule has 6 bridgehead atoms. The lowest BCUT2D eigenvalue weighted by molar-refractivity contribution is -0.118. The maximum Gasteiger partial charge on any atom is 0.224 e. The number of rotatable bonds is 6. The average molecular weight is 532 g/mol. The van der Waals surface area contributed by atoms with Crippen LogP contribution in [-0.4, -0.2) is 35.8 Å². The van der Waals surface area contributed by atoms with Crippen molar-refractivity contribution in [3.8, 4) is 0 Å². The molecule has 0 heterocycles. The summed E-state index contributed by atoms with van der Waals surface area (Å²) in [5, 5.41) is 0. The first-order valence-electron chi connectivity index (χ1n) is 15.8. The van der Waals surface area contributed by atoms with Crippen LogP contribution >= 0.6 is 0 Å². The Kier molecular flexibility index (Phi) is 6.31. The Balaban J connectivity index is 1.33. The van der Waals surface area contributed by atoms with Crippen molar-refractivity contribution in [2.75, 3.05) is 14.7 Å². The predicted octanol–water partition coefficient (Wildman–Crippen LogP) is 6.31. The highest BCUT2D eigenvalue weighted by molar-refractivity contribution is 6.00. The number of benzene rings is 1. The summed E-state index contributed by atoms with van der Waals surface area (Å²) < 4.78 is 0. The van der Waals surface area contributed by atoms with Crippen LogP contribution in [0.5, 0.6) is 0 Å². The van der Waals surface area contributed by atoms with Crippen LogP contribution in [0, 0.1) is 35.5 Å². The van der Waals surface area contributed by atoms with Crippen LogP contribution in [0.4, 0.5) is 17.1 Å². The molecule has 1 aromatic carbocycles. The van der Waals surface area contributed by atoms with E-state index in [2.05, 4.69) is 18.2 Å². The standard InChI is InChI=1S/C33H45N3O3/c1-19(37)34(31-13-22-4-7-25(31)10-22)28-16-29(35(20(2)38)32-14-23-5-8-26(32)11-23)18-30(17-28)36(21(3)39)33-15-24-6-9-27(33)12-24/h16-18,22-27,31-33H,4-15H2,1-3H3. The zero-order valence-electron chi connectivity index (χ0n) is 24.0. The van der Waals surface area contributed by atoms with Crippen LogP contribution in [-0.2, 0) is 14.4 Å². The number of amides is 3. The van der Waals surface area contributed by atoms with Gasteiger partial charge in [0.05, 0.1) is 0 Å². The summed E-state index contributed by atoms with van der Waals surface area (Å²) in [7, 11) is 0. The molecular formula is C33H45N3O3. The van der Waals surface area contributed by atoms with Crippen LogP contribution in [0.15, 0.2) is 18.2 Å². The summed E-state index contributed by atoms with van der Waals surface area (Å²) in [5.74, 6) is 4.01. The number of carbonyl (C=O) groups is 3. The number of hydrogen-bond acceptors (Lipinski definition) is 3. The van der Waals surface area contributed by atoms with Crippen LogP contribution in [0.3, 0.4) is 0 Å². The molecule has 6 aliphatic rings. The topological polar surface area (TPSA) is 60.9 Å². The molecule has 210 valence electrons. The first-order chi connectivity index (χ1) is 18.8. The zero-order valence-corrected chi connectivity index (χ0v) is 24.0. The van der Waals surface area contributed by atoms with Gasteiger partial charge in [0.25, 0.3) is 0 Å². The Labute approximate surface area is 233 Å². The fourth-order valence-corrected chi connectivity index (χ4v) is 10.4. The second-order valence-electron chi connectivity index (χ2n) is 14.1. The van der Waals surface area contributed by atoms with E-state index in [9.17, 15) is 14.4 Å².